The standard InChI is InChI=1S/C24H26N6S/c1-29-11-13-30(14-12-29)20-9-5-18(6-10-20)22-16-26-24-23(27-22)21(15-25-24)17-3-7-19(8-4-17)28-31-2/h3-10,15-16,28H,11-14H2,1-2H3,(H,25,26). The summed E-state index contributed by atoms with van der Waals surface area (Å²) in [7, 11) is 2.18. The van der Waals surface area contributed by atoms with Crippen LogP contribution in [0.1, 0.15) is 0 Å². The molecule has 1 aliphatic rings. The topological polar surface area (TPSA) is 60.1 Å². The van der Waals surface area contributed by atoms with Crippen LogP contribution in [-0.2, 0) is 0 Å². The molecule has 0 bridgehead atoms. The van der Waals surface area contributed by atoms with Crippen LogP contribution in [0.5, 0.6) is 0 Å². The number of piperazine rings is 1. The quantitative estimate of drug-likeness (QED) is 0.446. The summed E-state index contributed by atoms with van der Waals surface area (Å²) in [5, 5.41) is 0. The zero-order valence-corrected chi connectivity index (χ0v) is 18.6. The highest BCUT2D eigenvalue weighted by atomic mass is 32.2. The van der Waals surface area contributed by atoms with E-state index in [0.29, 0.717) is 0 Å². The van der Waals surface area contributed by atoms with Crippen molar-refractivity contribution in [1.29, 1.82) is 0 Å². The van der Waals surface area contributed by atoms with Gasteiger partial charge in [-0.05, 0) is 36.9 Å². The van der Waals surface area contributed by atoms with E-state index in [-0.39, 0.29) is 0 Å². The summed E-state index contributed by atoms with van der Waals surface area (Å²) < 4.78 is 3.25. The SMILES string of the molecule is CSNc1ccc(-c2c[nH]c3ncc(-c4ccc(N5CCN(C)CC5)cc4)nc23)cc1. The number of nitrogens with one attached hydrogen (secondary N) is 2. The highest BCUT2D eigenvalue weighted by Gasteiger charge is 2.15. The Hall–Kier alpha value is -3.03. The number of H-pyrrole nitrogens is 1. The van der Waals surface area contributed by atoms with E-state index in [9.17, 15) is 0 Å². The van der Waals surface area contributed by atoms with Crippen molar-refractivity contribution in [3.63, 3.8) is 0 Å². The van der Waals surface area contributed by atoms with Gasteiger partial charge in [-0.2, -0.15) is 0 Å². The van der Waals surface area contributed by atoms with Gasteiger partial charge in [0, 0.05) is 61.1 Å². The van der Waals surface area contributed by atoms with Crippen LogP contribution in [0.4, 0.5) is 11.4 Å². The summed E-state index contributed by atoms with van der Waals surface area (Å²) >= 11 is 1.59. The van der Waals surface area contributed by atoms with Crippen LogP contribution in [-0.4, -0.2) is 59.3 Å². The first-order chi connectivity index (χ1) is 15.2. The molecule has 1 saturated heterocycles. The second kappa shape index (κ2) is 8.61. The zero-order chi connectivity index (χ0) is 21.2. The summed E-state index contributed by atoms with van der Waals surface area (Å²) in [5.41, 5.74) is 8.21. The summed E-state index contributed by atoms with van der Waals surface area (Å²) in [4.78, 5) is 17.7. The lowest BCUT2D eigenvalue weighted by Gasteiger charge is -2.34. The Bertz CT molecular complexity index is 1160. The summed E-state index contributed by atoms with van der Waals surface area (Å²) in [5.74, 6) is 0. The molecule has 7 heteroatoms. The fraction of sp³-hybridized carbons (Fsp3) is 0.250. The summed E-state index contributed by atoms with van der Waals surface area (Å²) in [6.07, 6.45) is 5.85. The highest BCUT2D eigenvalue weighted by molar-refractivity contribution is 7.99. The molecule has 5 rings (SSSR count). The van der Waals surface area contributed by atoms with E-state index >= 15 is 0 Å². The number of nitrogens with zero attached hydrogens (tertiary/aromatic N) is 4. The molecule has 0 radical (unpaired) electrons. The van der Waals surface area contributed by atoms with Gasteiger partial charge >= 0.3 is 0 Å². The molecule has 2 N–H and O–H groups in total. The van der Waals surface area contributed by atoms with Gasteiger partial charge in [0.2, 0.25) is 0 Å². The van der Waals surface area contributed by atoms with E-state index in [2.05, 4.69) is 80.1 Å². The molecule has 0 unspecified atom stereocenters. The second-order valence-corrected chi connectivity index (χ2v) is 8.49. The third kappa shape index (κ3) is 4.11. The van der Waals surface area contributed by atoms with Crippen molar-refractivity contribution in [3.05, 3.63) is 60.9 Å². The van der Waals surface area contributed by atoms with Crippen LogP contribution in [0.2, 0.25) is 0 Å². The van der Waals surface area contributed by atoms with Gasteiger partial charge in [0.1, 0.15) is 5.52 Å². The number of benzene rings is 2. The van der Waals surface area contributed by atoms with Gasteiger partial charge in [-0.15, -0.1) is 0 Å². The Morgan fingerprint density at radius 3 is 2.35 bits per heavy atom. The first-order valence-electron chi connectivity index (χ1n) is 10.5. The average molecular weight is 431 g/mol. The van der Waals surface area contributed by atoms with Crippen LogP contribution in [0.25, 0.3) is 33.5 Å². The number of hydrogen-bond acceptors (Lipinski definition) is 6. The van der Waals surface area contributed by atoms with Crippen molar-refractivity contribution >= 4 is 34.5 Å². The van der Waals surface area contributed by atoms with Crippen LogP contribution >= 0.6 is 11.9 Å². The lowest BCUT2D eigenvalue weighted by molar-refractivity contribution is 0.313. The monoisotopic (exact) mass is 430 g/mol. The van der Waals surface area contributed by atoms with Crippen molar-refractivity contribution in [2.75, 3.05) is 49.1 Å². The third-order valence-corrected chi connectivity index (χ3v) is 6.27. The number of aromatic amines is 1. The largest absolute Gasteiger partial charge is 0.369 e. The maximum Gasteiger partial charge on any atom is 0.156 e. The number of anilines is 2. The lowest BCUT2D eigenvalue weighted by Crippen LogP contribution is -2.44. The highest BCUT2D eigenvalue weighted by Crippen LogP contribution is 2.30. The average Bonchev–Trinajstić information content (AvgIpc) is 3.24. The van der Waals surface area contributed by atoms with Crippen molar-refractivity contribution < 1.29 is 0 Å². The van der Waals surface area contributed by atoms with Crippen LogP contribution in [0.15, 0.2) is 60.9 Å². The smallest absolute Gasteiger partial charge is 0.156 e. The van der Waals surface area contributed by atoms with Gasteiger partial charge in [-0.1, -0.05) is 36.2 Å². The first-order valence-corrected chi connectivity index (χ1v) is 11.7. The molecule has 2 aromatic carbocycles. The molecule has 1 aliphatic heterocycles. The molecular weight excluding hydrogens is 404 g/mol. The molecule has 0 saturated carbocycles. The predicted octanol–water partition coefficient (Wildman–Crippen LogP) is 4.73. The molecule has 1 fully saturated rings. The van der Waals surface area contributed by atoms with Gasteiger partial charge in [0.05, 0.1) is 11.9 Å². The van der Waals surface area contributed by atoms with E-state index in [1.54, 1.807) is 11.9 Å². The van der Waals surface area contributed by atoms with E-state index in [1.807, 2.05) is 18.6 Å². The van der Waals surface area contributed by atoms with Gasteiger partial charge in [0.25, 0.3) is 0 Å². The Balaban J connectivity index is 1.42. The Labute approximate surface area is 186 Å². The van der Waals surface area contributed by atoms with Gasteiger partial charge in [0.15, 0.2) is 5.65 Å². The van der Waals surface area contributed by atoms with Crippen molar-refractivity contribution in [3.8, 4) is 22.4 Å². The minimum atomic E-state index is 0.805. The van der Waals surface area contributed by atoms with Crippen LogP contribution in [0, 0.1) is 0 Å². The molecule has 6 nitrogen and oxygen atoms in total. The summed E-state index contributed by atoms with van der Waals surface area (Å²) in [6, 6.07) is 17.1. The molecule has 3 heterocycles. The molecule has 0 atom stereocenters. The number of fused-ring (bicyclic) bond motifs is 1. The lowest BCUT2D eigenvalue weighted by atomic mass is 10.1. The molecule has 31 heavy (non-hydrogen) atoms. The van der Waals surface area contributed by atoms with Gasteiger partial charge in [-0.3, -0.25) is 0 Å². The Kier molecular flexibility index (Phi) is 5.53. The number of rotatable bonds is 5. The maximum absolute atomic E-state index is 4.96. The Morgan fingerprint density at radius 1 is 0.935 bits per heavy atom. The zero-order valence-electron chi connectivity index (χ0n) is 17.8. The molecule has 0 spiro atoms. The van der Waals surface area contributed by atoms with E-state index in [1.165, 1.54) is 5.69 Å². The number of aromatic nitrogens is 3. The van der Waals surface area contributed by atoms with Crippen molar-refractivity contribution in [2.24, 2.45) is 0 Å². The van der Waals surface area contributed by atoms with Crippen molar-refractivity contribution in [2.45, 2.75) is 0 Å². The molecule has 0 amide bonds. The predicted molar refractivity (Wildman–Crippen MR) is 132 cm³/mol. The van der Waals surface area contributed by atoms with Crippen LogP contribution < -0.4 is 9.62 Å². The minimum Gasteiger partial charge on any atom is -0.369 e. The number of hydrogen-bond donors (Lipinski definition) is 2. The van der Waals surface area contributed by atoms with Gasteiger partial charge < -0.3 is 19.5 Å². The van der Waals surface area contributed by atoms with Crippen molar-refractivity contribution in [1.82, 2.24) is 19.9 Å². The molecule has 2 aromatic heterocycles. The molecule has 0 aliphatic carbocycles. The second-order valence-electron chi connectivity index (χ2n) is 7.88. The molecular formula is C24H26N6S. The fourth-order valence-corrected chi connectivity index (χ4v) is 4.37. The van der Waals surface area contributed by atoms with E-state index in [4.69, 9.17) is 4.98 Å². The fourth-order valence-electron chi connectivity index (χ4n) is 3.99. The normalized spacial score (nSPS) is 14.8. The third-order valence-electron chi connectivity index (χ3n) is 5.83. The Morgan fingerprint density at radius 2 is 1.65 bits per heavy atom. The summed E-state index contributed by atoms with van der Waals surface area (Å²) in [6.45, 7) is 4.35. The molecule has 158 valence electrons. The minimum absolute atomic E-state index is 0.805. The maximum atomic E-state index is 4.96. The van der Waals surface area contributed by atoms with Gasteiger partial charge in [-0.25, -0.2) is 9.97 Å². The molecule has 4 aromatic rings. The van der Waals surface area contributed by atoms with Crippen LogP contribution in [0.3, 0.4) is 0 Å². The first kappa shape index (κ1) is 19.9. The number of likely N-dealkylation sites (N-methyl/N-ethyl adjacent to an activating group) is 1. The van der Waals surface area contributed by atoms with E-state index in [0.717, 1.165) is 65.4 Å². The van der Waals surface area contributed by atoms with E-state index < -0.39 is 0 Å².